The van der Waals surface area contributed by atoms with Gasteiger partial charge in [0.25, 0.3) is 0 Å². The average Bonchev–Trinajstić information content (AvgIpc) is 2.80. The highest BCUT2D eigenvalue weighted by Gasteiger charge is 2.43. The van der Waals surface area contributed by atoms with Gasteiger partial charge in [0.1, 0.15) is 24.1 Å². The van der Waals surface area contributed by atoms with Gasteiger partial charge in [0.2, 0.25) is 11.8 Å². The summed E-state index contributed by atoms with van der Waals surface area (Å²) >= 11 is 0. The van der Waals surface area contributed by atoms with Gasteiger partial charge in [-0.1, -0.05) is 12.1 Å². The van der Waals surface area contributed by atoms with E-state index in [2.05, 4.69) is 10.6 Å². The molecule has 0 radical (unpaired) electrons. The van der Waals surface area contributed by atoms with Crippen LogP contribution in [0.15, 0.2) is 24.3 Å². The molecule has 4 N–H and O–H groups in total. The number of rotatable bonds is 6. The molecule has 1 aromatic carbocycles. The zero-order valence-corrected chi connectivity index (χ0v) is 13.2. The lowest BCUT2D eigenvalue weighted by molar-refractivity contribution is -0.125. The molecule has 2 rings (SSSR count). The first-order valence-corrected chi connectivity index (χ1v) is 7.64. The average molecular weight is 340 g/mol. The van der Waals surface area contributed by atoms with Crippen LogP contribution in [0.2, 0.25) is 0 Å². The molecular weight excluding hydrogens is 319 g/mol. The van der Waals surface area contributed by atoms with E-state index in [4.69, 9.17) is 4.74 Å². The first-order valence-electron chi connectivity index (χ1n) is 7.64. The number of benzene rings is 1. The van der Waals surface area contributed by atoms with Crippen LogP contribution in [0.5, 0.6) is 0 Å². The van der Waals surface area contributed by atoms with Gasteiger partial charge in [-0.05, 0) is 17.7 Å². The van der Waals surface area contributed by atoms with Gasteiger partial charge < -0.3 is 25.6 Å². The first kappa shape index (κ1) is 18.3. The predicted molar refractivity (Wildman–Crippen MR) is 82.2 cm³/mol. The van der Waals surface area contributed by atoms with Crippen molar-refractivity contribution in [2.24, 2.45) is 0 Å². The van der Waals surface area contributed by atoms with Crippen molar-refractivity contribution in [3.63, 3.8) is 0 Å². The van der Waals surface area contributed by atoms with E-state index < -0.39 is 24.4 Å². The van der Waals surface area contributed by atoms with E-state index >= 15 is 0 Å². The Labute approximate surface area is 138 Å². The molecule has 1 saturated heterocycles. The summed E-state index contributed by atoms with van der Waals surface area (Å²) in [4.78, 5) is 22.8. The molecule has 0 aromatic heterocycles. The molecule has 4 atom stereocenters. The number of halogens is 1. The Morgan fingerprint density at radius 3 is 2.38 bits per heavy atom. The number of amides is 2. The molecule has 1 heterocycles. The molecule has 7 nitrogen and oxygen atoms in total. The minimum Gasteiger partial charge on any atom is -0.388 e. The fraction of sp³-hybridized carbons (Fsp3) is 0.500. The van der Waals surface area contributed by atoms with Crippen LogP contribution in [0.1, 0.15) is 18.9 Å². The lowest BCUT2D eigenvalue weighted by Crippen LogP contribution is -2.39. The standard InChI is InChI=1S/C16H21FN2O5/c1-9(20)18-8-13-16(23)15(22)12(24-13)6-14(21)19-7-10-2-4-11(17)5-3-10/h2-5,12-13,15-16,22-23H,6-8H2,1H3,(H,18,20)(H,19,21). The number of hydrogen-bond donors (Lipinski definition) is 4. The molecule has 2 amide bonds. The highest BCUT2D eigenvalue weighted by molar-refractivity contribution is 5.76. The molecule has 0 aliphatic carbocycles. The van der Waals surface area contributed by atoms with Crippen molar-refractivity contribution in [2.75, 3.05) is 6.54 Å². The molecule has 0 spiro atoms. The van der Waals surface area contributed by atoms with Gasteiger partial charge in [-0.25, -0.2) is 4.39 Å². The summed E-state index contributed by atoms with van der Waals surface area (Å²) in [7, 11) is 0. The van der Waals surface area contributed by atoms with Gasteiger partial charge in [0.15, 0.2) is 0 Å². The third-order valence-corrected chi connectivity index (χ3v) is 3.80. The second-order valence-electron chi connectivity index (χ2n) is 5.74. The van der Waals surface area contributed by atoms with Crippen LogP contribution < -0.4 is 10.6 Å². The summed E-state index contributed by atoms with van der Waals surface area (Å²) in [5.41, 5.74) is 0.737. The van der Waals surface area contributed by atoms with E-state index in [-0.39, 0.29) is 37.1 Å². The van der Waals surface area contributed by atoms with E-state index in [9.17, 15) is 24.2 Å². The lowest BCUT2D eigenvalue weighted by Gasteiger charge is -2.14. The largest absolute Gasteiger partial charge is 0.388 e. The normalized spacial score (nSPS) is 26.2. The van der Waals surface area contributed by atoms with Crippen LogP contribution in [0, 0.1) is 5.82 Å². The molecule has 24 heavy (non-hydrogen) atoms. The van der Waals surface area contributed by atoms with Crippen molar-refractivity contribution < 1.29 is 28.9 Å². The van der Waals surface area contributed by atoms with Crippen LogP contribution in [-0.2, 0) is 20.9 Å². The van der Waals surface area contributed by atoms with Crippen LogP contribution in [-0.4, -0.2) is 53.0 Å². The third-order valence-electron chi connectivity index (χ3n) is 3.80. The third kappa shape index (κ3) is 4.98. The predicted octanol–water partition coefficient (Wildman–Crippen LogP) is -0.543. The maximum absolute atomic E-state index is 12.8. The maximum Gasteiger partial charge on any atom is 0.222 e. The summed E-state index contributed by atoms with van der Waals surface area (Å²) in [5.74, 6) is -0.997. The Morgan fingerprint density at radius 2 is 1.75 bits per heavy atom. The van der Waals surface area contributed by atoms with Crippen LogP contribution in [0.25, 0.3) is 0 Å². The number of carbonyl (C=O) groups excluding carboxylic acids is 2. The number of carbonyl (C=O) groups is 2. The van der Waals surface area contributed by atoms with Gasteiger partial charge in [-0.3, -0.25) is 9.59 Å². The van der Waals surface area contributed by atoms with E-state index in [0.717, 1.165) is 5.56 Å². The molecule has 0 saturated carbocycles. The molecule has 8 heteroatoms. The second kappa shape index (κ2) is 8.18. The number of aliphatic hydroxyl groups excluding tert-OH is 2. The zero-order valence-electron chi connectivity index (χ0n) is 13.2. The lowest BCUT2D eigenvalue weighted by atomic mass is 10.1. The second-order valence-corrected chi connectivity index (χ2v) is 5.74. The first-order chi connectivity index (χ1) is 11.4. The van der Waals surface area contributed by atoms with Crippen molar-refractivity contribution >= 4 is 11.8 Å². The SMILES string of the molecule is CC(=O)NCC1OC(CC(=O)NCc2ccc(F)cc2)C(O)C1O. The van der Waals surface area contributed by atoms with E-state index in [0.29, 0.717) is 0 Å². The molecule has 1 aliphatic heterocycles. The van der Waals surface area contributed by atoms with Gasteiger partial charge >= 0.3 is 0 Å². The number of aliphatic hydroxyl groups is 2. The molecule has 1 aromatic rings. The summed E-state index contributed by atoms with van der Waals surface area (Å²) in [5, 5.41) is 25.0. The fourth-order valence-electron chi connectivity index (χ4n) is 2.47. The zero-order chi connectivity index (χ0) is 17.7. The molecule has 1 aliphatic rings. The molecule has 1 fully saturated rings. The summed E-state index contributed by atoms with van der Waals surface area (Å²) < 4.78 is 18.3. The van der Waals surface area contributed by atoms with Crippen LogP contribution >= 0.6 is 0 Å². The van der Waals surface area contributed by atoms with E-state index in [1.165, 1.54) is 19.1 Å². The molecule has 4 unspecified atom stereocenters. The highest BCUT2D eigenvalue weighted by atomic mass is 19.1. The van der Waals surface area contributed by atoms with E-state index in [1.807, 2.05) is 0 Å². The van der Waals surface area contributed by atoms with Gasteiger partial charge in [0.05, 0.1) is 12.5 Å². The summed E-state index contributed by atoms with van der Waals surface area (Å²) in [6.45, 7) is 1.61. The van der Waals surface area contributed by atoms with Crippen LogP contribution in [0.4, 0.5) is 4.39 Å². The summed E-state index contributed by atoms with van der Waals surface area (Å²) in [6, 6.07) is 5.72. The molecule has 0 bridgehead atoms. The quantitative estimate of drug-likeness (QED) is 0.556. The van der Waals surface area contributed by atoms with Gasteiger partial charge in [-0.2, -0.15) is 0 Å². The van der Waals surface area contributed by atoms with E-state index in [1.54, 1.807) is 12.1 Å². The van der Waals surface area contributed by atoms with Crippen LogP contribution in [0.3, 0.4) is 0 Å². The smallest absolute Gasteiger partial charge is 0.222 e. The summed E-state index contributed by atoms with van der Waals surface area (Å²) in [6.07, 6.45) is -4.13. The minimum atomic E-state index is -1.21. The Balaban J connectivity index is 1.80. The molecule has 132 valence electrons. The Kier molecular flexibility index (Phi) is 6.24. The number of nitrogens with one attached hydrogen (secondary N) is 2. The topological polar surface area (TPSA) is 108 Å². The number of hydrogen-bond acceptors (Lipinski definition) is 5. The fourth-order valence-corrected chi connectivity index (χ4v) is 2.47. The number of ether oxygens (including phenoxy) is 1. The maximum atomic E-state index is 12.8. The Hall–Kier alpha value is -2.03. The van der Waals surface area contributed by atoms with Crippen molar-refractivity contribution in [3.05, 3.63) is 35.6 Å². The Bertz CT molecular complexity index is 580. The van der Waals surface area contributed by atoms with Crippen molar-refractivity contribution in [1.82, 2.24) is 10.6 Å². The monoisotopic (exact) mass is 340 g/mol. The molecular formula is C16H21FN2O5. The Morgan fingerprint density at radius 1 is 1.12 bits per heavy atom. The van der Waals surface area contributed by atoms with Crippen molar-refractivity contribution in [1.29, 1.82) is 0 Å². The van der Waals surface area contributed by atoms with Crippen molar-refractivity contribution in [2.45, 2.75) is 44.3 Å². The van der Waals surface area contributed by atoms with Crippen molar-refractivity contribution in [3.8, 4) is 0 Å². The highest BCUT2D eigenvalue weighted by Crippen LogP contribution is 2.23. The van der Waals surface area contributed by atoms with Gasteiger partial charge in [-0.15, -0.1) is 0 Å². The van der Waals surface area contributed by atoms with Gasteiger partial charge in [0, 0.05) is 20.0 Å². The minimum absolute atomic E-state index is 0.0568.